The molecule has 0 radical (unpaired) electrons. The number of hydrogen-bond donors (Lipinski definition) is 0. The predicted molar refractivity (Wildman–Crippen MR) is 84.3 cm³/mol. The fourth-order valence-corrected chi connectivity index (χ4v) is 2.66. The van der Waals surface area contributed by atoms with Gasteiger partial charge in [-0.3, -0.25) is 9.55 Å². The lowest BCUT2D eigenvalue weighted by molar-refractivity contribution is 0.729. The molecule has 0 atom stereocenters. The zero-order valence-electron chi connectivity index (χ0n) is 12.0. The molecule has 0 spiro atoms. The highest BCUT2D eigenvalue weighted by Gasteiger charge is 2.14. The highest BCUT2D eigenvalue weighted by atomic mass is 32.2. The third-order valence-corrected chi connectivity index (χ3v) is 3.83. The highest BCUT2D eigenvalue weighted by molar-refractivity contribution is 7.99. The van der Waals surface area contributed by atoms with Crippen molar-refractivity contribution in [2.75, 3.05) is 0 Å². The maximum atomic E-state index is 8.76. The zero-order valence-corrected chi connectivity index (χ0v) is 12.8. The van der Waals surface area contributed by atoms with Gasteiger partial charge in [0.05, 0.1) is 0 Å². The van der Waals surface area contributed by atoms with Crippen molar-refractivity contribution in [2.45, 2.75) is 16.7 Å². The Hall–Kier alpha value is -3.05. The quantitative estimate of drug-likeness (QED) is 0.666. The third kappa shape index (κ3) is 3.25. The third-order valence-electron chi connectivity index (χ3n) is 2.92. The summed E-state index contributed by atoms with van der Waals surface area (Å²) in [7, 11) is 0. The average Bonchev–Trinajstić information content (AvgIpc) is 2.99. The molecule has 0 unspecified atom stereocenters. The standard InChI is InChI=1S/C15H11N7S/c1-2-9-22-14(11-5-7-17-8-6-11)20-21-15(22)23-13-4-3-12(10-16)18-19-13/h2-8H,1,9H2. The molecule has 0 saturated carbocycles. The lowest BCUT2D eigenvalue weighted by Gasteiger charge is -2.06. The molecule has 0 aliphatic carbocycles. The number of hydrogen-bond acceptors (Lipinski definition) is 7. The summed E-state index contributed by atoms with van der Waals surface area (Å²) < 4.78 is 1.94. The first kappa shape index (κ1) is 14.9. The summed E-state index contributed by atoms with van der Waals surface area (Å²) in [6.07, 6.45) is 5.20. The smallest absolute Gasteiger partial charge is 0.198 e. The SMILES string of the molecule is C=CCn1c(Sc2ccc(C#N)nn2)nnc1-c1ccncc1. The summed E-state index contributed by atoms with van der Waals surface area (Å²) in [5.41, 5.74) is 1.20. The molecule has 3 rings (SSSR count). The van der Waals surface area contributed by atoms with Gasteiger partial charge in [0.2, 0.25) is 0 Å². The van der Waals surface area contributed by atoms with E-state index in [9.17, 15) is 0 Å². The van der Waals surface area contributed by atoms with Crippen LogP contribution in [0.2, 0.25) is 0 Å². The molecule has 7 nitrogen and oxygen atoms in total. The van der Waals surface area contributed by atoms with Crippen molar-refractivity contribution < 1.29 is 0 Å². The Kier molecular flexibility index (Phi) is 4.40. The van der Waals surface area contributed by atoms with Crippen LogP contribution in [0.5, 0.6) is 0 Å². The molecule has 0 saturated heterocycles. The number of aromatic nitrogens is 6. The Labute approximate surface area is 136 Å². The van der Waals surface area contributed by atoms with Gasteiger partial charge in [0.1, 0.15) is 11.1 Å². The summed E-state index contributed by atoms with van der Waals surface area (Å²) in [6, 6.07) is 9.04. The molecule has 8 heteroatoms. The normalized spacial score (nSPS) is 10.2. The van der Waals surface area contributed by atoms with E-state index in [1.54, 1.807) is 30.6 Å². The fourth-order valence-electron chi connectivity index (χ4n) is 1.90. The average molecular weight is 321 g/mol. The molecular formula is C15H11N7S. The van der Waals surface area contributed by atoms with Gasteiger partial charge in [-0.25, -0.2) is 0 Å². The van der Waals surface area contributed by atoms with Crippen LogP contribution in [0.15, 0.2) is 59.5 Å². The van der Waals surface area contributed by atoms with Crippen LogP contribution in [-0.4, -0.2) is 29.9 Å². The van der Waals surface area contributed by atoms with E-state index in [4.69, 9.17) is 5.26 Å². The Morgan fingerprint density at radius 2 is 1.96 bits per heavy atom. The maximum Gasteiger partial charge on any atom is 0.198 e. The lowest BCUT2D eigenvalue weighted by atomic mass is 10.2. The second kappa shape index (κ2) is 6.81. The minimum Gasteiger partial charge on any atom is -0.298 e. The molecule has 0 amide bonds. The van der Waals surface area contributed by atoms with Gasteiger partial charge in [-0.2, -0.15) is 5.26 Å². The molecule has 112 valence electrons. The van der Waals surface area contributed by atoms with Crippen molar-refractivity contribution in [1.82, 2.24) is 29.9 Å². The van der Waals surface area contributed by atoms with Gasteiger partial charge in [0.25, 0.3) is 0 Å². The minimum absolute atomic E-state index is 0.277. The Balaban J connectivity index is 1.94. The number of rotatable bonds is 5. The number of allylic oxidation sites excluding steroid dienone is 1. The Morgan fingerprint density at radius 1 is 1.13 bits per heavy atom. The first-order chi connectivity index (χ1) is 11.3. The lowest BCUT2D eigenvalue weighted by Crippen LogP contribution is -2.01. The van der Waals surface area contributed by atoms with Crippen LogP contribution in [0.25, 0.3) is 11.4 Å². The van der Waals surface area contributed by atoms with Gasteiger partial charge in [-0.05, 0) is 36.0 Å². The van der Waals surface area contributed by atoms with Crippen LogP contribution in [0.1, 0.15) is 5.69 Å². The molecule has 0 N–H and O–H groups in total. The van der Waals surface area contributed by atoms with Crippen LogP contribution >= 0.6 is 11.8 Å². The van der Waals surface area contributed by atoms with Crippen molar-refractivity contribution >= 4 is 11.8 Å². The van der Waals surface area contributed by atoms with Crippen LogP contribution in [-0.2, 0) is 6.54 Å². The Morgan fingerprint density at radius 3 is 2.61 bits per heavy atom. The highest BCUT2D eigenvalue weighted by Crippen LogP contribution is 2.27. The summed E-state index contributed by atoms with van der Waals surface area (Å²) in [5, 5.41) is 26.4. The van der Waals surface area contributed by atoms with Crippen LogP contribution in [0.3, 0.4) is 0 Å². The van der Waals surface area contributed by atoms with Crippen molar-refractivity contribution in [3.63, 3.8) is 0 Å². The number of nitrogens with zero attached hydrogens (tertiary/aromatic N) is 7. The van der Waals surface area contributed by atoms with Gasteiger partial charge in [0.15, 0.2) is 16.7 Å². The molecular weight excluding hydrogens is 310 g/mol. The monoisotopic (exact) mass is 321 g/mol. The predicted octanol–water partition coefficient (Wildman–Crippen LogP) is 2.34. The zero-order chi connectivity index (χ0) is 16.1. The molecule has 0 aliphatic rings. The largest absolute Gasteiger partial charge is 0.298 e. The molecule has 0 aliphatic heterocycles. The molecule has 3 heterocycles. The molecule has 0 bridgehead atoms. The van der Waals surface area contributed by atoms with Gasteiger partial charge in [-0.15, -0.1) is 27.0 Å². The maximum absolute atomic E-state index is 8.76. The summed E-state index contributed by atoms with van der Waals surface area (Å²) in [6.45, 7) is 4.35. The van der Waals surface area contributed by atoms with Crippen LogP contribution in [0, 0.1) is 11.3 Å². The molecule has 23 heavy (non-hydrogen) atoms. The van der Waals surface area contributed by atoms with Gasteiger partial charge in [-0.1, -0.05) is 6.08 Å². The number of pyridine rings is 1. The molecule has 3 aromatic heterocycles. The van der Waals surface area contributed by atoms with Gasteiger partial charge < -0.3 is 0 Å². The van der Waals surface area contributed by atoms with E-state index in [-0.39, 0.29) is 5.69 Å². The fraction of sp³-hybridized carbons (Fsp3) is 0.0667. The first-order valence-electron chi connectivity index (χ1n) is 6.68. The van der Waals surface area contributed by atoms with E-state index < -0.39 is 0 Å². The van der Waals surface area contributed by atoms with Crippen molar-refractivity contribution in [3.8, 4) is 17.5 Å². The van der Waals surface area contributed by atoms with Crippen molar-refractivity contribution in [3.05, 3.63) is 55.0 Å². The van der Waals surface area contributed by atoms with Crippen molar-refractivity contribution in [2.24, 2.45) is 0 Å². The molecule has 0 fully saturated rings. The van der Waals surface area contributed by atoms with E-state index in [0.29, 0.717) is 16.7 Å². The van der Waals surface area contributed by atoms with E-state index in [1.165, 1.54) is 11.8 Å². The minimum atomic E-state index is 0.277. The van der Waals surface area contributed by atoms with Crippen LogP contribution in [0.4, 0.5) is 0 Å². The summed E-state index contributed by atoms with van der Waals surface area (Å²) in [5.74, 6) is 0.733. The van der Waals surface area contributed by atoms with E-state index in [0.717, 1.165) is 11.4 Å². The van der Waals surface area contributed by atoms with Crippen molar-refractivity contribution in [1.29, 1.82) is 5.26 Å². The Bertz CT molecular complexity index is 850. The van der Waals surface area contributed by atoms with E-state index >= 15 is 0 Å². The van der Waals surface area contributed by atoms with Gasteiger partial charge >= 0.3 is 0 Å². The van der Waals surface area contributed by atoms with E-state index in [2.05, 4.69) is 32.0 Å². The summed E-state index contributed by atoms with van der Waals surface area (Å²) >= 11 is 1.33. The van der Waals surface area contributed by atoms with E-state index in [1.807, 2.05) is 22.8 Å². The molecule has 0 aromatic carbocycles. The second-order valence-electron chi connectivity index (χ2n) is 4.41. The summed E-state index contributed by atoms with van der Waals surface area (Å²) in [4.78, 5) is 4.01. The second-order valence-corrected chi connectivity index (χ2v) is 5.40. The number of nitriles is 1. The van der Waals surface area contributed by atoms with Crippen LogP contribution < -0.4 is 0 Å². The topological polar surface area (TPSA) is 93.2 Å². The van der Waals surface area contributed by atoms with Gasteiger partial charge in [0, 0.05) is 24.5 Å². The molecule has 3 aromatic rings. The first-order valence-corrected chi connectivity index (χ1v) is 7.49.